The van der Waals surface area contributed by atoms with E-state index in [9.17, 15) is 9.59 Å². The van der Waals surface area contributed by atoms with E-state index in [0.717, 1.165) is 37.9 Å². The summed E-state index contributed by atoms with van der Waals surface area (Å²) < 4.78 is 5.78. The van der Waals surface area contributed by atoms with Crippen molar-refractivity contribution < 1.29 is 14.0 Å². The molecule has 1 aliphatic heterocycles. The van der Waals surface area contributed by atoms with E-state index in [-0.39, 0.29) is 18.4 Å². The maximum atomic E-state index is 12.6. The van der Waals surface area contributed by atoms with Gasteiger partial charge in [0, 0.05) is 24.2 Å². The van der Waals surface area contributed by atoms with E-state index in [4.69, 9.17) is 4.42 Å². The van der Waals surface area contributed by atoms with E-state index >= 15 is 0 Å². The smallest absolute Gasteiger partial charge is 0.289 e. The lowest BCUT2D eigenvalue weighted by Gasteiger charge is -2.25. The molecule has 9 heteroatoms. The summed E-state index contributed by atoms with van der Waals surface area (Å²) in [5.41, 5.74) is 1.20. The van der Waals surface area contributed by atoms with Gasteiger partial charge in [0.25, 0.3) is 11.8 Å². The molecule has 0 radical (unpaired) electrons. The minimum Gasteiger partial charge on any atom is -0.451 e. The molecule has 3 aromatic rings. The molecular weight excluding hydrogens is 360 g/mol. The van der Waals surface area contributed by atoms with Crippen molar-refractivity contribution in [3.8, 4) is 11.3 Å². The molecule has 2 N–H and O–H groups in total. The second-order valence-electron chi connectivity index (χ2n) is 6.61. The zero-order valence-corrected chi connectivity index (χ0v) is 15.2. The first kappa shape index (κ1) is 17.9. The first-order valence-electron chi connectivity index (χ1n) is 9.21. The average Bonchev–Trinajstić information content (AvgIpc) is 3.44. The number of aromatic nitrogens is 4. The summed E-state index contributed by atoms with van der Waals surface area (Å²) in [5, 5.41) is 16.1. The van der Waals surface area contributed by atoms with Gasteiger partial charge in [0.05, 0.1) is 6.54 Å². The molecular formula is C19H20N6O3. The molecule has 4 rings (SSSR count). The SMILES string of the molecule is O=C(NCc1nn[nH]n1)c1cccc(-c2ccc(C(=O)N3CCCCC3)o2)c1. The van der Waals surface area contributed by atoms with Gasteiger partial charge >= 0.3 is 0 Å². The number of carbonyl (C=O) groups excluding carboxylic acids is 2. The van der Waals surface area contributed by atoms with Gasteiger partial charge in [-0.3, -0.25) is 9.59 Å². The number of likely N-dealkylation sites (tertiary alicyclic amines) is 1. The first-order valence-corrected chi connectivity index (χ1v) is 9.21. The summed E-state index contributed by atoms with van der Waals surface area (Å²) in [6, 6.07) is 10.5. The predicted octanol–water partition coefficient (Wildman–Crippen LogP) is 2.02. The summed E-state index contributed by atoms with van der Waals surface area (Å²) in [6.45, 7) is 1.71. The summed E-state index contributed by atoms with van der Waals surface area (Å²) in [7, 11) is 0. The highest BCUT2D eigenvalue weighted by Gasteiger charge is 2.21. The maximum absolute atomic E-state index is 12.6. The van der Waals surface area contributed by atoms with Crippen LogP contribution in [0.2, 0.25) is 0 Å². The molecule has 0 unspecified atom stereocenters. The molecule has 0 bridgehead atoms. The Balaban J connectivity index is 1.46. The number of benzene rings is 1. The number of amides is 2. The second kappa shape index (κ2) is 8.03. The van der Waals surface area contributed by atoms with Crippen molar-refractivity contribution in [2.45, 2.75) is 25.8 Å². The highest BCUT2D eigenvalue weighted by Crippen LogP contribution is 2.24. The lowest BCUT2D eigenvalue weighted by atomic mass is 10.1. The molecule has 2 aromatic heterocycles. The number of hydrogen-bond acceptors (Lipinski definition) is 6. The molecule has 3 heterocycles. The number of aromatic amines is 1. The zero-order valence-electron chi connectivity index (χ0n) is 15.2. The third kappa shape index (κ3) is 3.93. The van der Waals surface area contributed by atoms with Crippen LogP contribution in [0.25, 0.3) is 11.3 Å². The van der Waals surface area contributed by atoms with Crippen molar-refractivity contribution in [1.82, 2.24) is 30.8 Å². The van der Waals surface area contributed by atoms with Crippen molar-refractivity contribution in [3.05, 3.63) is 53.5 Å². The van der Waals surface area contributed by atoms with Crippen LogP contribution in [-0.4, -0.2) is 50.4 Å². The van der Waals surface area contributed by atoms with Crippen molar-refractivity contribution in [2.24, 2.45) is 0 Å². The standard InChI is InChI=1S/C19H20N6O3/c26-18(20-12-17-21-23-24-22-17)14-6-4-5-13(11-14)15-7-8-16(28-15)19(27)25-9-2-1-3-10-25/h4-8,11H,1-3,9-10,12H2,(H,20,26)(H,21,22,23,24). The van der Waals surface area contributed by atoms with E-state index in [1.54, 1.807) is 30.3 Å². The number of tetrazole rings is 1. The van der Waals surface area contributed by atoms with E-state index in [1.807, 2.05) is 11.0 Å². The van der Waals surface area contributed by atoms with Gasteiger partial charge in [-0.1, -0.05) is 17.3 Å². The fourth-order valence-electron chi connectivity index (χ4n) is 3.19. The molecule has 0 saturated carbocycles. The Bertz CT molecular complexity index is 960. The molecule has 0 atom stereocenters. The quantitative estimate of drug-likeness (QED) is 0.699. The van der Waals surface area contributed by atoms with Gasteiger partial charge in [0.1, 0.15) is 5.76 Å². The Labute approximate surface area is 161 Å². The largest absolute Gasteiger partial charge is 0.451 e. The van der Waals surface area contributed by atoms with Crippen LogP contribution in [-0.2, 0) is 6.54 Å². The fourth-order valence-corrected chi connectivity index (χ4v) is 3.19. The Hall–Kier alpha value is -3.49. The molecule has 28 heavy (non-hydrogen) atoms. The zero-order chi connectivity index (χ0) is 19.3. The molecule has 0 aliphatic carbocycles. The van der Waals surface area contributed by atoms with Gasteiger partial charge in [-0.15, -0.1) is 10.2 Å². The van der Waals surface area contributed by atoms with Gasteiger partial charge in [-0.25, -0.2) is 0 Å². The fraction of sp³-hybridized carbons (Fsp3) is 0.316. The number of hydrogen-bond donors (Lipinski definition) is 2. The highest BCUT2D eigenvalue weighted by molar-refractivity contribution is 5.95. The molecule has 9 nitrogen and oxygen atoms in total. The topological polar surface area (TPSA) is 117 Å². The Morgan fingerprint density at radius 2 is 2.00 bits per heavy atom. The van der Waals surface area contributed by atoms with Crippen LogP contribution in [0.1, 0.15) is 46.0 Å². The van der Waals surface area contributed by atoms with Crippen LogP contribution in [0.15, 0.2) is 40.8 Å². The monoisotopic (exact) mass is 380 g/mol. The van der Waals surface area contributed by atoms with Crippen molar-refractivity contribution in [3.63, 3.8) is 0 Å². The highest BCUT2D eigenvalue weighted by atomic mass is 16.4. The Kier molecular flexibility index (Phi) is 5.14. The van der Waals surface area contributed by atoms with Crippen LogP contribution in [0, 0.1) is 0 Å². The molecule has 0 spiro atoms. The van der Waals surface area contributed by atoms with E-state index in [1.165, 1.54) is 0 Å². The van der Waals surface area contributed by atoms with Gasteiger partial charge in [-0.2, -0.15) is 5.21 Å². The van der Waals surface area contributed by atoms with Gasteiger partial charge in [-0.05, 0) is 43.5 Å². The van der Waals surface area contributed by atoms with E-state index < -0.39 is 0 Å². The van der Waals surface area contributed by atoms with Crippen LogP contribution < -0.4 is 5.32 Å². The lowest BCUT2D eigenvalue weighted by molar-refractivity contribution is 0.0693. The number of nitrogens with one attached hydrogen (secondary N) is 2. The molecule has 1 saturated heterocycles. The van der Waals surface area contributed by atoms with Crippen LogP contribution >= 0.6 is 0 Å². The number of rotatable bonds is 5. The molecule has 144 valence electrons. The van der Waals surface area contributed by atoms with E-state index in [0.29, 0.717) is 22.9 Å². The summed E-state index contributed by atoms with van der Waals surface area (Å²) in [4.78, 5) is 26.7. The van der Waals surface area contributed by atoms with Crippen molar-refractivity contribution in [1.29, 1.82) is 0 Å². The lowest BCUT2D eigenvalue weighted by Crippen LogP contribution is -2.35. The van der Waals surface area contributed by atoms with Gasteiger partial charge < -0.3 is 14.6 Å². The van der Waals surface area contributed by atoms with E-state index in [2.05, 4.69) is 25.9 Å². The number of furan rings is 1. The molecule has 2 amide bonds. The summed E-state index contributed by atoms with van der Waals surface area (Å²) >= 11 is 0. The second-order valence-corrected chi connectivity index (χ2v) is 6.61. The van der Waals surface area contributed by atoms with Crippen LogP contribution in [0.4, 0.5) is 0 Å². The predicted molar refractivity (Wildman–Crippen MR) is 99.2 cm³/mol. The number of H-pyrrole nitrogens is 1. The van der Waals surface area contributed by atoms with Crippen molar-refractivity contribution >= 4 is 11.8 Å². The van der Waals surface area contributed by atoms with Crippen molar-refractivity contribution in [2.75, 3.05) is 13.1 Å². The Morgan fingerprint density at radius 1 is 1.14 bits per heavy atom. The van der Waals surface area contributed by atoms with Gasteiger partial charge in [0.2, 0.25) is 0 Å². The number of carbonyl (C=O) groups is 2. The third-order valence-corrected chi connectivity index (χ3v) is 4.67. The number of nitrogens with zero attached hydrogens (tertiary/aromatic N) is 4. The first-order chi connectivity index (χ1) is 13.7. The normalized spacial score (nSPS) is 14.1. The van der Waals surface area contributed by atoms with Gasteiger partial charge in [0.15, 0.2) is 11.6 Å². The van der Waals surface area contributed by atoms with Crippen LogP contribution in [0.5, 0.6) is 0 Å². The summed E-state index contributed by atoms with van der Waals surface area (Å²) in [5.74, 6) is 0.927. The van der Waals surface area contributed by atoms with Crippen LogP contribution in [0.3, 0.4) is 0 Å². The minimum absolute atomic E-state index is 0.0834. The number of piperidine rings is 1. The third-order valence-electron chi connectivity index (χ3n) is 4.67. The summed E-state index contributed by atoms with van der Waals surface area (Å²) in [6.07, 6.45) is 3.22. The average molecular weight is 380 g/mol. The minimum atomic E-state index is -0.261. The molecule has 1 aliphatic rings. The molecule has 1 aromatic carbocycles. The molecule has 1 fully saturated rings. The Morgan fingerprint density at radius 3 is 2.79 bits per heavy atom. The maximum Gasteiger partial charge on any atom is 0.289 e.